The molecular weight excluding hydrogens is 236 g/mol. The van der Waals surface area contributed by atoms with Crippen molar-refractivity contribution in [2.75, 3.05) is 6.54 Å². The van der Waals surface area contributed by atoms with Crippen molar-refractivity contribution in [2.45, 2.75) is 58.9 Å². The van der Waals surface area contributed by atoms with Crippen LogP contribution in [0.25, 0.3) is 0 Å². The number of rotatable bonds is 5. The molecule has 1 saturated carbocycles. The van der Waals surface area contributed by atoms with E-state index in [0.29, 0.717) is 12.5 Å². The van der Waals surface area contributed by atoms with Crippen molar-refractivity contribution in [3.63, 3.8) is 0 Å². The van der Waals surface area contributed by atoms with Crippen molar-refractivity contribution in [3.05, 3.63) is 0 Å². The molecule has 4 heteroatoms. The smallest absolute Gasteiger partial charge is 0.226 e. The molecule has 1 aliphatic carbocycles. The molecule has 3 N–H and O–H groups in total. The van der Waals surface area contributed by atoms with Crippen LogP contribution >= 0.6 is 12.4 Å². The summed E-state index contributed by atoms with van der Waals surface area (Å²) in [5.41, 5.74) is 5.47. The number of carbonyl (C=O) groups is 1. The minimum Gasteiger partial charge on any atom is -0.354 e. The molecule has 0 aromatic rings. The minimum atomic E-state index is -0.321. The van der Waals surface area contributed by atoms with Gasteiger partial charge in [0.15, 0.2) is 0 Å². The van der Waals surface area contributed by atoms with Gasteiger partial charge in [-0.25, -0.2) is 0 Å². The van der Waals surface area contributed by atoms with Crippen LogP contribution < -0.4 is 11.1 Å². The first kappa shape index (κ1) is 16.7. The molecule has 0 aliphatic heterocycles. The van der Waals surface area contributed by atoms with Crippen LogP contribution in [0.4, 0.5) is 0 Å². The van der Waals surface area contributed by atoms with E-state index in [4.69, 9.17) is 5.73 Å². The number of amides is 1. The molecule has 0 aromatic carbocycles. The van der Waals surface area contributed by atoms with Crippen molar-refractivity contribution < 1.29 is 4.79 Å². The average molecular weight is 263 g/mol. The van der Waals surface area contributed by atoms with Gasteiger partial charge in [-0.3, -0.25) is 4.79 Å². The Morgan fingerprint density at radius 3 is 2.24 bits per heavy atom. The van der Waals surface area contributed by atoms with Crippen LogP contribution in [-0.4, -0.2) is 18.0 Å². The summed E-state index contributed by atoms with van der Waals surface area (Å²) in [6.45, 7) is 8.79. The lowest BCUT2D eigenvalue weighted by atomic mass is 9.64. The second-order valence-electron chi connectivity index (χ2n) is 6.40. The highest BCUT2D eigenvalue weighted by atomic mass is 35.5. The van der Waals surface area contributed by atoms with Crippen LogP contribution in [0.15, 0.2) is 0 Å². The highest BCUT2D eigenvalue weighted by molar-refractivity contribution is 5.85. The molecule has 17 heavy (non-hydrogen) atoms. The predicted molar refractivity (Wildman–Crippen MR) is 74.3 cm³/mol. The van der Waals surface area contributed by atoms with Crippen LogP contribution in [0.1, 0.15) is 53.4 Å². The zero-order valence-electron chi connectivity index (χ0n) is 11.5. The van der Waals surface area contributed by atoms with E-state index in [1.54, 1.807) is 0 Å². The van der Waals surface area contributed by atoms with Crippen molar-refractivity contribution in [1.29, 1.82) is 0 Å². The van der Waals surface area contributed by atoms with Crippen molar-refractivity contribution in [3.8, 4) is 0 Å². The lowest BCUT2D eigenvalue weighted by molar-refractivity contribution is -0.137. The van der Waals surface area contributed by atoms with Crippen LogP contribution in [-0.2, 0) is 4.79 Å². The maximum Gasteiger partial charge on any atom is 0.226 e. The zero-order valence-corrected chi connectivity index (χ0v) is 12.3. The van der Waals surface area contributed by atoms with Crippen LogP contribution in [0, 0.1) is 11.3 Å². The third kappa shape index (κ3) is 4.84. The second-order valence-corrected chi connectivity index (χ2v) is 6.40. The molecule has 0 radical (unpaired) electrons. The van der Waals surface area contributed by atoms with Gasteiger partial charge in [-0.05, 0) is 39.0 Å². The summed E-state index contributed by atoms with van der Waals surface area (Å²) in [4.78, 5) is 12.2. The maximum absolute atomic E-state index is 12.2. The van der Waals surface area contributed by atoms with Gasteiger partial charge in [0.05, 0.1) is 0 Å². The number of halogens is 1. The standard InChI is InChI=1S/C13H26N2O.ClH/c1-10(2)8-13(6-5-7-13)11(16)15-9-12(3,4)14;/h10H,5-9,14H2,1-4H3,(H,15,16);1H. The van der Waals surface area contributed by atoms with E-state index in [-0.39, 0.29) is 29.3 Å². The number of hydrogen-bond donors (Lipinski definition) is 2. The number of hydrogen-bond acceptors (Lipinski definition) is 2. The van der Waals surface area contributed by atoms with Crippen molar-refractivity contribution in [2.24, 2.45) is 17.1 Å². The molecule has 1 fully saturated rings. The summed E-state index contributed by atoms with van der Waals surface area (Å²) in [5.74, 6) is 0.794. The second kappa shape index (κ2) is 6.05. The minimum absolute atomic E-state index is 0. The summed E-state index contributed by atoms with van der Waals surface area (Å²) in [6.07, 6.45) is 4.28. The van der Waals surface area contributed by atoms with Gasteiger partial charge in [0.25, 0.3) is 0 Å². The van der Waals surface area contributed by atoms with Crippen molar-refractivity contribution >= 4 is 18.3 Å². The Kier molecular flexibility index (Phi) is 5.95. The third-order valence-corrected chi connectivity index (χ3v) is 3.30. The Morgan fingerprint density at radius 2 is 1.94 bits per heavy atom. The largest absolute Gasteiger partial charge is 0.354 e. The quantitative estimate of drug-likeness (QED) is 0.800. The van der Waals surface area contributed by atoms with E-state index in [9.17, 15) is 4.79 Å². The number of nitrogens with two attached hydrogens (primary N) is 1. The molecule has 0 aromatic heterocycles. The van der Waals surface area contributed by atoms with E-state index in [1.165, 1.54) is 6.42 Å². The monoisotopic (exact) mass is 262 g/mol. The molecule has 0 unspecified atom stereocenters. The van der Waals surface area contributed by atoms with Gasteiger partial charge >= 0.3 is 0 Å². The van der Waals surface area contributed by atoms with E-state index in [0.717, 1.165) is 19.3 Å². The van der Waals surface area contributed by atoms with Gasteiger partial charge in [-0.15, -0.1) is 12.4 Å². The Labute approximate surface area is 111 Å². The van der Waals surface area contributed by atoms with Crippen LogP contribution in [0.5, 0.6) is 0 Å². The molecule has 1 aliphatic rings. The van der Waals surface area contributed by atoms with E-state index < -0.39 is 0 Å². The molecule has 0 atom stereocenters. The SMILES string of the molecule is CC(C)CC1(C(=O)NCC(C)(C)N)CCC1.Cl. The molecule has 0 heterocycles. The van der Waals surface area contributed by atoms with Gasteiger partial charge in [-0.2, -0.15) is 0 Å². The molecule has 0 spiro atoms. The predicted octanol–water partition coefficient (Wildman–Crippen LogP) is 2.48. The fraction of sp³-hybridized carbons (Fsp3) is 0.923. The number of carbonyl (C=O) groups excluding carboxylic acids is 1. The number of nitrogens with one attached hydrogen (secondary N) is 1. The van der Waals surface area contributed by atoms with Gasteiger partial charge in [-0.1, -0.05) is 20.3 Å². The molecule has 3 nitrogen and oxygen atoms in total. The first-order valence-corrected chi connectivity index (χ1v) is 6.32. The first-order chi connectivity index (χ1) is 7.25. The Bertz CT molecular complexity index is 255. The maximum atomic E-state index is 12.2. The molecular formula is C13H27ClN2O. The molecule has 1 rings (SSSR count). The third-order valence-electron chi connectivity index (χ3n) is 3.30. The molecule has 0 saturated heterocycles. The van der Waals surface area contributed by atoms with Crippen molar-refractivity contribution in [1.82, 2.24) is 5.32 Å². The van der Waals surface area contributed by atoms with Gasteiger partial charge < -0.3 is 11.1 Å². The van der Waals surface area contributed by atoms with E-state index in [2.05, 4.69) is 19.2 Å². The molecule has 0 bridgehead atoms. The molecule has 1 amide bonds. The first-order valence-electron chi connectivity index (χ1n) is 6.32. The van der Waals surface area contributed by atoms with E-state index >= 15 is 0 Å². The fourth-order valence-corrected chi connectivity index (χ4v) is 2.40. The van der Waals surface area contributed by atoms with Gasteiger partial charge in [0, 0.05) is 17.5 Å². The van der Waals surface area contributed by atoms with Crippen LogP contribution in [0.2, 0.25) is 0 Å². The zero-order chi connectivity index (χ0) is 12.4. The normalized spacial score (nSPS) is 18.2. The van der Waals surface area contributed by atoms with Gasteiger partial charge in [0.1, 0.15) is 0 Å². The lowest BCUT2D eigenvalue weighted by Crippen LogP contribution is -2.52. The highest BCUT2D eigenvalue weighted by Gasteiger charge is 2.44. The highest BCUT2D eigenvalue weighted by Crippen LogP contribution is 2.46. The lowest BCUT2D eigenvalue weighted by Gasteiger charge is -2.42. The summed E-state index contributed by atoms with van der Waals surface area (Å²) in [6, 6.07) is 0. The Morgan fingerprint density at radius 1 is 1.41 bits per heavy atom. The summed E-state index contributed by atoms with van der Waals surface area (Å²) >= 11 is 0. The fourth-order valence-electron chi connectivity index (χ4n) is 2.40. The van der Waals surface area contributed by atoms with E-state index in [1.807, 2.05) is 13.8 Å². The molecule has 102 valence electrons. The van der Waals surface area contributed by atoms with Gasteiger partial charge in [0.2, 0.25) is 5.91 Å². The Balaban J connectivity index is 0.00000256. The topological polar surface area (TPSA) is 55.1 Å². The van der Waals surface area contributed by atoms with Crippen LogP contribution in [0.3, 0.4) is 0 Å². The average Bonchev–Trinajstić information content (AvgIpc) is 2.05. The summed E-state index contributed by atoms with van der Waals surface area (Å²) in [7, 11) is 0. The summed E-state index contributed by atoms with van der Waals surface area (Å²) in [5, 5.41) is 3.01. The summed E-state index contributed by atoms with van der Waals surface area (Å²) < 4.78 is 0. The Hall–Kier alpha value is -0.280.